The van der Waals surface area contributed by atoms with Crippen LogP contribution in [0.3, 0.4) is 0 Å². The minimum Gasteiger partial charge on any atom is -0.312 e. The Kier molecular flexibility index (Phi) is 4.66. The second-order valence-electron chi connectivity index (χ2n) is 5.80. The van der Waals surface area contributed by atoms with Crippen LogP contribution in [0.5, 0.6) is 0 Å². The van der Waals surface area contributed by atoms with Crippen molar-refractivity contribution in [2.75, 3.05) is 19.6 Å². The van der Waals surface area contributed by atoms with Gasteiger partial charge in [-0.15, -0.1) is 0 Å². The smallest absolute Gasteiger partial charge is 0.0249 e. The molecule has 2 rings (SSSR count). The molecule has 0 amide bonds. The highest BCUT2D eigenvalue weighted by Crippen LogP contribution is 2.26. The van der Waals surface area contributed by atoms with Crippen LogP contribution in [0, 0.1) is 5.92 Å². The zero-order valence-electron chi connectivity index (χ0n) is 11.0. The van der Waals surface area contributed by atoms with Gasteiger partial charge >= 0.3 is 0 Å². The second kappa shape index (κ2) is 6.02. The van der Waals surface area contributed by atoms with Crippen molar-refractivity contribution in [3.63, 3.8) is 0 Å². The summed E-state index contributed by atoms with van der Waals surface area (Å²) in [5.41, 5.74) is 0. The van der Waals surface area contributed by atoms with Crippen molar-refractivity contribution in [2.24, 2.45) is 5.92 Å². The predicted octanol–water partition coefficient (Wildman–Crippen LogP) is 2.64. The topological polar surface area (TPSA) is 15.3 Å². The first-order chi connectivity index (χ1) is 7.81. The predicted molar refractivity (Wildman–Crippen MR) is 69.7 cm³/mol. The normalized spacial score (nSPS) is 33.4. The number of hydrogen-bond acceptors (Lipinski definition) is 2. The third-order valence-corrected chi connectivity index (χ3v) is 4.30. The molecule has 2 fully saturated rings. The molecule has 0 aliphatic carbocycles. The molecule has 0 bridgehead atoms. The van der Waals surface area contributed by atoms with Crippen LogP contribution in [0.2, 0.25) is 0 Å². The summed E-state index contributed by atoms with van der Waals surface area (Å²) in [7, 11) is 0. The van der Waals surface area contributed by atoms with Gasteiger partial charge in [0, 0.05) is 18.6 Å². The highest BCUT2D eigenvalue weighted by molar-refractivity contribution is 4.92. The number of rotatable bonds is 5. The van der Waals surface area contributed by atoms with Gasteiger partial charge in [0.2, 0.25) is 0 Å². The summed E-state index contributed by atoms with van der Waals surface area (Å²) in [4.78, 5) is 2.77. The fraction of sp³-hybridized carbons (Fsp3) is 1.00. The number of nitrogens with one attached hydrogen (secondary N) is 1. The van der Waals surface area contributed by atoms with Gasteiger partial charge in [0.1, 0.15) is 0 Å². The van der Waals surface area contributed by atoms with Gasteiger partial charge in [0.25, 0.3) is 0 Å². The summed E-state index contributed by atoms with van der Waals surface area (Å²) in [6.07, 6.45) is 8.36. The van der Waals surface area contributed by atoms with E-state index >= 15 is 0 Å². The summed E-state index contributed by atoms with van der Waals surface area (Å²) in [6, 6.07) is 1.65. The quantitative estimate of drug-likeness (QED) is 0.772. The standard InChI is InChI=1S/C14H28N2/c1-3-6-12(2)11-16-10-5-8-14(16)13-7-4-9-15-13/h12-15H,3-11H2,1-2H3. The van der Waals surface area contributed by atoms with Crippen molar-refractivity contribution >= 4 is 0 Å². The molecule has 16 heavy (non-hydrogen) atoms. The first-order valence-corrected chi connectivity index (χ1v) is 7.28. The molecule has 1 N–H and O–H groups in total. The Labute approximate surface area is 101 Å². The SMILES string of the molecule is CCCC(C)CN1CCCC1C1CCCN1. The molecule has 94 valence electrons. The Balaban J connectivity index is 1.82. The van der Waals surface area contributed by atoms with Gasteiger partial charge < -0.3 is 5.32 Å². The molecule has 2 aliphatic rings. The van der Waals surface area contributed by atoms with E-state index in [4.69, 9.17) is 0 Å². The Morgan fingerprint density at radius 1 is 1.31 bits per heavy atom. The van der Waals surface area contributed by atoms with Gasteiger partial charge in [-0.05, 0) is 51.1 Å². The second-order valence-corrected chi connectivity index (χ2v) is 5.80. The third kappa shape index (κ3) is 2.98. The minimum absolute atomic E-state index is 0.802. The number of likely N-dealkylation sites (tertiary alicyclic amines) is 1. The van der Waals surface area contributed by atoms with Crippen LogP contribution in [0.4, 0.5) is 0 Å². The maximum absolute atomic E-state index is 3.69. The van der Waals surface area contributed by atoms with E-state index in [0.717, 1.165) is 18.0 Å². The monoisotopic (exact) mass is 224 g/mol. The summed E-state index contributed by atoms with van der Waals surface area (Å²) in [6.45, 7) is 8.64. The van der Waals surface area contributed by atoms with Crippen LogP contribution in [0.25, 0.3) is 0 Å². The lowest BCUT2D eigenvalue weighted by Crippen LogP contribution is -2.45. The Morgan fingerprint density at radius 3 is 2.88 bits per heavy atom. The molecule has 0 aromatic carbocycles. The molecule has 0 saturated carbocycles. The first kappa shape index (κ1) is 12.4. The molecule has 3 atom stereocenters. The lowest BCUT2D eigenvalue weighted by atomic mass is 10.0. The van der Waals surface area contributed by atoms with Crippen molar-refractivity contribution in [1.29, 1.82) is 0 Å². The average molecular weight is 224 g/mol. The van der Waals surface area contributed by atoms with Crippen LogP contribution in [-0.2, 0) is 0 Å². The first-order valence-electron chi connectivity index (χ1n) is 7.28. The Morgan fingerprint density at radius 2 is 2.19 bits per heavy atom. The summed E-state index contributed by atoms with van der Waals surface area (Å²) < 4.78 is 0. The average Bonchev–Trinajstić information content (AvgIpc) is 2.86. The van der Waals surface area contributed by atoms with Gasteiger partial charge in [0.05, 0.1) is 0 Å². The molecular weight excluding hydrogens is 196 g/mol. The van der Waals surface area contributed by atoms with Crippen molar-refractivity contribution in [1.82, 2.24) is 10.2 Å². The Bertz CT molecular complexity index is 199. The zero-order valence-corrected chi connectivity index (χ0v) is 11.0. The van der Waals surface area contributed by atoms with Crippen LogP contribution in [0.1, 0.15) is 52.4 Å². The molecule has 2 heterocycles. The van der Waals surface area contributed by atoms with Gasteiger partial charge in [-0.3, -0.25) is 4.90 Å². The molecule has 2 aliphatic heterocycles. The van der Waals surface area contributed by atoms with E-state index in [2.05, 4.69) is 24.1 Å². The van der Waals surface area contributed by atoms with E-state index in [1.54, 1.807) is 0 Å². The molecule has 0 radical (unpaired) electrons. The van der Waals surface area contributed by atoms with Crippen LogP contribution in [0.15, 0.2) is 0 Å². The van der Waals surface area contributed by atoms with Gasteiger partial charge in [-0.1, -0.05) is 20.3 Å². The highest BCUT2D eigenvalue weighted by atomic mass is 15.2. The molecule has 0 aromatic rings. The molecule has 2 saturated heterocycles. The Hall–Kier alpha value is -0.0800. The fourth-order valence-electron chi connectivity index (χ4n) is 3.56. The summed E-state index contributed by atoms with van der Waals surface area (Å²) in [5.74, 6) is 0.881. The molecule has 2 nitrogen and oxygen atoms in total. The van der Waals surface area contributed by atoms with Gasteiger partial charge in [0.15, 0.2) is 0 Å². The fourth-order valence-corrected chi connectivity index (χ4v) is 3.56. The highest BCUT2D eigenvalue weighted by Gasteiger charge is 2.33. The van der Waals surface area contributed by atoms with E-state index < -0.39 is 0 Å². The molecule has 3 unspecified atom stereocenters. The van der Waals surface area contributed by atoms with Crippen LogP contribution < -0.4 is 5.32 Å². The van der Waals surface area contributed by atoms with E-state index in [1.807, 2.05) is 0 Å². The summed E-state index contributed by atoms with van der Waals surface area (Å²) >= 11 is 0. The number of nitrogens with zero attached hydrogens (tertiary/aromatic N) is 1. The van der Waals surface area contributed by atoms with Crippen LogP contribution in [-0.4, -0.2) is 36.6 Å². The maximum Gasteiger partial charge on any atom is 0.0249 e. The van der Waals surface area contributed by atoms with E-state index in [0.29, 0.717) is 0 Å². The van der Waals surface area contributed by atoms with Gasteiger partial charge in [-0.25, -0.2) is 0 Å². The molecular formula is C14H28N2. The van der Waals surface area contributed by atoms with E-state index in [-0.39, 0.29) is 0 Å². The molecule has 0 spiro atoms. The van der Waals surface area contributed by atoms with Crippen molar-refractivity contribution < 1.29 is 0 Å². The largest absolute Gasteiger partial charge is 0.312 e. The van der Waals surface area contributed by atoms with Crippen LogP contribution >= 0.6 is 0 Å². The lowest BCUT2D eigenvalue weighted by molar-refractivity contribution is 0.185. The van der Waals surface area contributed by atoms with E-state index in [9.17, 15) is 0 Å². The lowest BCUT2D eigenvalue weighted by Gasteiger charge is -2.31. The molecule has 2 heteroatoms. The van der Waals surface area contributed by atoms with Crippen molar-refractivity contribution in [3.8, 4) is 0 Å². The van der Waals surface area contributed by atoms with E-state index in [1.165, 1.54) is 58.2 Å². The zero-order chi connectivity index (χ0) is 11.4. The third-order valence-electron chi connectivity index (χ3n) is 4.30. The van der Waals surface area contributed by atoms with Gasteiger partial charge in [-0.2, -0.15) is 0 Å². The molecule has 0 aromatic heterocycles. The summed E-state index contributed by atoms with van der Waals surface area (Å²) in [5, 5.41) is 3.69. The van der Waals surface area contributed by atoms with Crippen molar-refractivity contribution in [2.45, 2.75) is 64.5 Å². The van der Waals surface area contributed by atoms with Crippen molar-refractivity contribution in [3.05, 3.63) is 0 Å². The number of hydrogen-bond donors (Lipinski definition) is 1. The maximum atomic E-state index is 3.69. The minimum atomic E-state index is 0.802.